The van der Waals surface area contributed by atoms with Crippen LogP contribution in [0.1, 0.15) is 26.7 Å². The van der Waals surface area contributed by atoms with E-state index in [0.29, 0.717) is 40.5 Å². The molecule has 0 atom stereocenters. The molecule has 3 heterocycles. The Morgan fingerprint density at radius 3 is 2.26 bits per heavy atom. The molecule has 0 aliphatic carbocycles. The van der Waals surface area contributed by atoms with E-state index in [4.69, 9.17) is 19.4 Å². The summed E-state index contributed by atoms with van der Waals surface area (Å²) in [5.74, 6) is 1.98. The van der Waals surface area contributed by atoms with E-state index in [1.165, 1.54) is 7.11 Å². The van der Waals surface area contributed by atoms with Gasteiger partial charge in [0.2, 0.25) is 5.95 Å². The molecule has 250 valence electrons. The molecule has 2 fully saturated rings. The molecule has 0 spiro atoms. The van der Waals surface area contributed by atoms with E-state index in [0.717, 1.165) is 68.9 Å². The molecular formula is C35H45N7O4S. The summed E-state index contributed by atoms with van der Waals surface area (Å²) in [7, 11) is 1.75. The van der Waals surface area contributed by atoms with E-state index in [9.17, 15) is 8.42 Å². The van der Waals surface area contributed by atoms with Crippen LogP contribution >= 0.6 is 0 Å². The average molecular weight is 660 g/mol. The Balaban J connectivity index is 1.24. The van der Waals surface area contributed by atoms with Gasteiger partial charge in [-0.25, -0.2) is 13.4 Å². The molecule has 12 heteroatoms. The summed E-state index contributed by atoms with van der Waals surface area (Å²) in [6.45, 7) is 9.94. The number of hydrogen-bond donors (Lipinski definition) is 2. The smallest absolute Gasteiger partial charge is 0.229 e. The second-order valence-electron chi connectivity index (χ2n) is 12.6. The summed E-state index contributed by atoms with van der Waals surface area (Å²) < 4.78 is 37.8. The summed E-state index contributed by atoms with van der Waals surface area (Å²) >= 11 is 0. The number of benzene rings is 3. The lowest BCUT2D eigenvalue weighted by atomic mass is 10.0. The molecule has 3 aromatic carbocycles. The molecule has 47 heavy (non-hydrogen) atoms. The van der Waals surface area contributed by atoms with Crippen LogP contribution in [0.3, 0.4) is 0 Å². The molecule has 11 nitrogen and oxygen atoms in total. The monoisotopic (exact) mass is 659 g/mol. The Labute approximate surface area is 277 Å². The Bertz CT molecular complexity index is 1820. The standard InChI is InChI=1S/C35H45N7O4S/c1-24(2)47(43,44)33-23-27(45-4)11-13-31(33)36-34-28-8-6-7-9-29(28)37-35(39-34)38-30-12-10-26(22-32(30)46-5)41-16-14-25(15-17-41)42-20-18-40(3)19-21-42/h6-13,22-25H,14-21H2,1-5H3,(H2,36,37,38,39). The van der Waals surface area contributed by atoms with Crippen LogP contribution in [-0.2, 0) is 9.84 Å². The summed E-state index contributed by atoms with van der Waals surface area (Å²) in [6.07, 6.45) is 2.31. The number of para-hydroxylation sites is 1. The van der Waals surface area contributed by atoms with E-state index >= 15 is 0 Å². The lowest BCUT2D eigenvalue weighted by molar-refractivity contribution is 0.0982. The number of piperidine rings is 1. The average Bonchev–Trinajstić information content (AvgIpc) is 3.09. The zero-order chi connectivity index (χ0) is 33.1. The van der Waals surface area contributed by atoms with E-state index in [1.807, 2.05) is 30.3 Å². The molecule has 2 aliphatic heterocycles. The largest absolute Gasteiger partial charge is 0.497 e. The molecular weight excluding hydrogens is 614 g/mol. The van der Waals surface area contributed by atoms with Crippen molar-refractivity contribution in [3.05, 3.63) is 60.7 Å². The molecule has 1 aromatic heterocycles. The topological polar surface area (TPSA) is 112 Å². The number of likely N-dealkylation sites (N-methyl/N-ethyl adjacent to an activating group) is 1. The fourth-order valence-electron chi connectivity index (χ4n) is 6.35. The highest BCUT2D eigenvalue weighted by Gasteiger charge is 2.28. The van der Waals surface area contributed by atoms with Gasteiger partial charge in [-0.1, -0.05) is 12.1 Å². The zero-order valence-electron chi connectivity index (χ0n) is 27.9. The SMILES string of the molecule is COc1ccc(Nc2nc(Nc3ccc(N4CCC(N5CCN(C)CC5)CC4)cc3OC)nc3ccccc23)c(S(=O)(=O)C(C)C)c1. The number of rotatable bonds is 10. The van der Waals surface area contributed by atoms with Crippen molar-refractivity contribution in [1.82, 2.24) is 19.8 Å². The van der Waals surface area contributed by atoms with E-state index in [2.05, 4.69) is 44.5 Å². The first-order valence-corrected chi connectivity index (χ1v) is 17.8. The minimum Gasteiger partial charge on any atom is -0.497 e. The molecule has 2 saturated heterocycles. The van der Waals surface area contributed by atoms with Gasteiger partial charge in [0.1, 0.15) is 17.3 Å². The molecule has 0 bridgehead atoms. The van der Waals surface area contributed by atoms with Crippen molar-refractivity contribution in [1.29, 1.82) is 0 Å². The second-order valence-corrected chi connectivity index (χ2v) is 15.0. The quantitative estimate of drug-likeness (QED) is 0.224. The Morgan fingerprint density at radius 1 is 0.830 bits per heavy atom. The summed E-state index contributed by atoms with van der Waals surface area (Å²) in [6, 6.07) is 19.4. The van der Waals surface area contributed by atoms with Crippen LogP contribution in [0.15, 0.2) is 65.6 Å². The number of nitrogens with zero attached hydrogens (tertiary/aromatic N) is 5. The second kappa shape index (κ2) is 13.9. The van der Waals surface area contributed by atoms with Crippen LogP contribution in [0, 0.1) is 0 Å². The first kappa shape index (κ1) is 32.8. The predicted octanol–water partition coefficient (Wildman–Crippen LogP) is 5.53. The summed E-state index contributed by atoms with van der Waals surface area (Å²) in [5, 5.41) is 6.78. The zero-order valence-corrected chi connectivity index (χ0v) is 28.7. The minimum absolute atomic E-state index is 0.147. The van der Waals surface area contributed by atoms with Crippen LogP contribution in [-0.4, -0.2) is 100 Å². The van der Waals surface area contributed by atoms with Crippen LogP contribution in [0.5, 0.6) is 11.5 Å². The predicted molar refractivity (Wildman–Crippen MR) is 189 cm³/mol. The van der Waals surface area contributed by atoms with Crippen molar-refractivity contribution in [2.24, 2.45) is 0 Å². The number of methoxy groups -OCH3 is 2. The number of fused-ring (bicyclic) bond motifs is 1. The van der Waals surface area contributed by atoms with Crippen LogP contribution in [0.4, 0.5) is 28.8 Å². The number of anilines is 5. The number of sulfone groups is 1. The molecule has 4 aromatic rings. The van der Waals surface area contributed by atoms with Crippen LogP contribution < -0.4 is 25.0 Å². The van der Waals surface area contributed by atoms with E-state index < -0.39 is 15.1 Å². The molecule has 6 rings (SSSR count). The third kappa shape index (κ3) is 7.09. The first-order valence-electron chi connectivity index (χ1n) is 16.2. The van der Waals surface area contributed by atoms with Crippen molar-refractivity contribution >= 4 is 49.6 Å². The van der Waals surface area contributed by atoms with Gasteiger partial charge in [0.25, 0.3) is 0 Å². The van der Waals surface area contributed by atoms with Crippen LogP contribution in [0.2, 0.25) is 0 Å². The maximum atomic E-state index is 13.3. The maximum Gasteiger partial charge on any atom is 0.229 e. The Morgan fingerprint density at radius 2 is 1.55 bits per heavy atom. The van der Waals surface area contributed by atoms with E-state index in [-0.39, 0.29) is 4.90 Å². The van der Waals surface area contributed by atoms with Gasteiger partial charge >= 0.3 is 0 Å². The van der Waals surface area contributed by atoms with Crippen LogP contribution in [0.25, 0.3) is 10.9 Å². The Kier molecular flexibility index (Phi) is 9.72. The maximum absolute atomic E-state index is 13.3. The highest BCUT2D eigenvalue weighted by molar-refractivity contribution is 7.92. The van der Waals surface area contributed by atoms with Gasteiger partial charge in [-0.15, -0.1) is 0 Å². The van der Waals surface area contributed by atoms with Crippen molar-refractivity contribution in [3.63, 3.8) is 0 Å². The molecule has 2 aliphatic rings. The molecule has 0 unspecified atom stereocenters. The number of ether oxygens (including phenoxy) is 2. The molecule has 0 radical (unpaired) electrons. The van der Waals surface area contributed by atoms with E-state index in [1.54, 1.807) is 39.2 Å². The number of nitrogens with one attached hydrogen (secondary N) is 2. The summed E-state index contributed by atoms with van der Waals surface area (Å²) in [5.41, 5.74) is 2.97. The number of aromatic nitrogens is 2. The van der Waals surface area contributed by atoms with Crippen molar-refractivity contribution in [2.45, 2.75) is 42.9 Å². The normalized spacial score (nSPS) is 16.9. The summed E-state index contributed by atoms with van der Waals surface area (Å²) in [4.78, 5) is 17.2. The van der Waals surface area contributed by atoms with Gasteiger partial charge < -0.3 is 29.9 Å². The highest BCUT2D eigenvalue weighted by Crippen LogP contribution is 2.36. The fraction of sp³-hybridized carbons (Fsp3) is 0.429. The van der Waals surface area contributed by atoms with Crippen molar-refractivity contribution in [3.8, 4) is 11.5 Å². The highest BCUT2D eigenvalue weighted by atomic mass is 32.2. The lowest BCUT2D eigenvalue weighted by Gasteiger charge is -2.42. The molecule has 0 amide bonds. The van der Waals surface area contributed by atoms with Gasteiger partial charge in [-0.2, -0.15) is 4.98 Å². The third-order valence-electron chi connectivity index (χ3n) is 9.29. The lowest BCUT2D eigenvalue weighted by Crippen LogP contribution is -2.52. The van der Waals surface area contributed by atoms with Gasteiger partial charge in [0, 0.05) is 68.5 Å². The van der Waals surface area contributed by atoms with Gasteiger partial charge in [0.05, 0.1) is 41.3 Å². The van der Waals surface area contributed by atoms with Crippen molar-refractivity contribution in [2.75, 3.05) is 76.1 Å². The number of hydrogen-bond acceptors (Lipinski definition) is 11. The first-order chi connectivity index (χ1) is 22.7. The fourth-order valence-corrected chi connectivity index (χ4v) is 7.57. The van der Waals surface area contributed by atoms with Gasteiger partial charge in [-0.3, -0.25) is 4.90 Å². The molecule has 2 N–H and O–H groups in total. The third-order valence-corrected chi connectivity index (χ3v) is 11.5. The van der Waals surface area contributed by atoms with Crippen molar-refractivity contribution < 1.29 is 17.9 Å². The van der Waals surface area contributed by atoms with Gasteiger partial charge in [-0.05, 0) is 70.1 Å². The Hall–Kier alpha value is -4.13. The molecule has 0 saturated carbocycles. The minimum atomic E-state index is -3.63. The van der Waals surface area contributed by atoms with Gasteiger partial charge in [0.15, 0.2) is 9.84 Å². The number of piperazine rings is 1.